The number of nitrogens with one attached hydrogen (secondary N) is 1. The summed E-state index contributed by atoms with van der Waals surface area (Å²) in [6, 6.07) is 6.71. The smallest absolute Gasteiger partial charge is 0.251 e. The molecule has 3 aromatic rings. The van der Waals surface area contributed by atoms with Crippen LogP contribution >= 0.6 is 0 Å². The number of hydrogen-bond acceptors (Lipinski definition) is 5. The first-order valence-electron chi connectivity index (χ1n) is 6.27. The van der Waals surface area contributed by atoms with Crippen LogP contribution in [0.2, 0.25) is 0 Å². The van der Waals surface area contributed by atoms with Gasteiger partial charge >= 0.3 is 0 Å². The maximum Gasteiger partial charge on any atom is 0.251 e. The molecule has 0 aliphatic heterocycles. The largest absolute Gasteiger partial charge is 0.481 e. The van der Waals surface area contributed by atoms with Gasteiger partial charge in [-0.15, -0.1) is 0 Å². The van der Waals surface area contributed by atoms with Crippen molar-refractivity contribution in [3.8, 4) is 28.7 Å². The molecule has 0 bridgehead atoms. The third kappa shape index (κ3) is 2.66. The van der Waals surface area contributed by atoms with Crippen LogP contribution in [0.3, 0.4) is 0 Å². The van der Waals surface area contributed by atoms with Gasteiger partial charge in [-0.05, 0) is 6.07 Å². The maximum atomic E-state index is 11.8. The molecule has 21 heavy (non-hydrogen) atoms. The van der Waals surface area contributed by atoms with Gasteiger partial charge in [-0.3, -0.25) is 9.48 Å². The Balaban J connectivity index is 2.11. The molecule has 7 heteroatoms. The second kappa shape index (κ2) is 5.20. The Bertz CT molecular complexity index is 837. The molecule has 3 aromatic heterocycles. The summed E-state index contributed by atoms with van der Waals surface area (Å²) in [6.45, 7) is 0. The lowest BCUT2D eigenvalue weighted by Gasteiger charge is -2.04. The highest BCUT2D eigenvalue weighted by Crippen LogP contribution is 2.19. The van der Waals surface area contributed by atoms with Crippen molar-refractivity contribution in [2.45, 2.75) is 0 Å². The summed E-state index contributed by atoms with van der Waals surface area (Å²) in [4.78, 5) is 23.2. The maximum absolute atomic E-state index is 11.8. The summed E-state index contributed by atoms with van der Waals surface area (Å²) in [7, 11) is 3.34. The van der Waals surface area contributed by atoms with Gasteiger partial charge in [-0.25, -0.2) is 9.97 Å². The van der Waals surface area contributed by atoms with E-state index in [-0.39, 0.29) is 5.56 Å². The van der Waals surface area contributed by atoms with Gasteiger partial charge in [-0.2, -0.15) is 5.10 Å². The SMILES string of the molecule is COc1cccc(-c2nc(-c3cnn(C)c3)cc(=O)[nH]2)n1. The molecule has 0 amide bonds. The van der Waals surface area contributed by atoms with Crippen LogP contribution in [-0.4, -0.2) is 31.8 Å². The van der Waals surface area contributed by atoms with Gasteiger partial charge in [0.1, 0.15) is 5.69 Å². The molecule has 0 fully saturated rings. The fourth-order valence-corrected chi connectivity index (χ4v) is 1.94. The number of H-pyrrole nitrogens is 1. The molecule has 0 aliphatic rings. The number of ether oxygens (including phenoxy) is 1. The summed E-state index contributed by atoms with van der Waals surface area (Å²) in [5.74, 6) is 0.849. The molecule has 0 aromatic carbocycles. The molecule has 0 aliphatic carbocycles. The predicted octanol–water partition coefficient (Wildman–Crippen LogP) is 1.24. The van der Waals surface area contributed by atoms with Crippen molar-refractivity contribution < 1.29 is 4.74 Å². The minimum absolute atomic E-state index is 0.247. The van der Waals surface area contributed by atoms with Crippen LogP contribution in [0.1, 0.15) is 0 Å². The van der Waals surface area contributed by atoms with E-state index in [1.165, 1.54) is 13.2 Å². The molecule has 106 valence electrons. The quantitative estimate of drug-likeness (QED) is 0.781. The number of methoxy groups -OCH3 is 1. The van der Waals surface area contributed by atoms with E-state index in [0.717, 1.165) is 5.56 Å². The van der Waals surface area contributed by atoms with E-state index < -0.39 is 0 Å². The van der Waals surface area contributed by atoms with Crippen LogP contribution in [0, 0.1) is 0 Å². The highest BCUT2D eigenvalue weighted by atomic mass is 16.5. The van der Waals surface area contributed by atoms with Crippen molar-refractivity contribution in [2.75, 3.05) is 7.11 Å². The second-order valence-electron chi connectivity index (χ2n) is 4.45. The molecule has 3 heterocycles. The predicted molar refractivity (Wildman–Crippen MR) is 76.8 cm³/mol. The van der Waals surface area contributed by atoms with Gasteiger partial charge in [0, 0.05) is 30.9 Å². The zero-order valence-electron chi connectivity index (χ0n) is 11.6. The Kier molecular flexibility index (Phi) is 3.23. The zero-order chi connectivity index (χ0) is 14.8. The minimum Gasteiger partial charge on any atom is -0.481 e. The van der Waals surface area contributed by atoms with E-state index in [9.17, 15) is 4.79 Å². The summed E-state index contributed by atoms with van der Waals surface area (Å²) >= 11 is 0. The van der Waals surface area contributed by atoms with Gasteiger partial charge in [-0.1, -0.05) is 6.07 Å². The Morgan fingerprint density at radius 2 is 2.10 bits per heavy atom. The highest BCUT2D eigenvalue weighted by molar-refractivity contribution is 5.60. The van der Waals surface area contributed by atoms with E-state index in [1.807, 2.05) is 0 Å². The molecular formula is C14H13N5O2. The van der Waals surface area contributed by atoms with E-state index >= 15 is 0 Å². The third-order valence-corrected chi connectivity index (χ3v) is 2.92. The van der Waals surface area contributed by atoms with E-state index in [2.05, 4.69) is 20.1 Å². The molecule has 0 spiro atoms. The van der Waals surface area contributed by atoms with E-state index in [0.29, 0.717) is 23.1 Å². The number of aromatic amines is 1. The molecule has 1 N–H and O–H groups in total. The number of aromatic nitrogens is 5. The van der Waals surface area contributed by atoms with Crippen LogP contribution in [0.5, 0.6) is 5.88 Å². The summed E-state index contributed by atoms with van der Waals surface area (Å²) in [5.41, 5.74) is 1.61. The number of aryl methyl sites for hydroxylation is 1. The molecular weight excluding hydrogens is 270 g/mol. The second-order valence-corrected chi connectivity index (χ2v) is 4.45. The van der Waals surface area contributed by atoms with Gasteiger partial charge < -0.3 is 9.72 Å². The van der Waals surface area contributed by atoms with Crippen molar-refractivity contribution in [3.63, 3.8) is 0 Å². The fraction of sp³-hybridized carbons (Fsp3) is 0.143. The van der Waals surface area contributed by atoms with Gasteiger partial charge in [0.15, 0.2) is 5.82 Å². The first-order chi connectivity index (χ1) is 10.2. The molecule has 3 rings (SSSR count). The molecule has 0 unspecified atom stereocenters. The van der Waals surface area contributed by atoms with Crippen LogP contribution in [-0.2, 0) is 7.05 Å². The van der Waals surface area contributed by atoms with Crippen LogP contribution in [0.15, 0.2) is 41.5 Å². The van der Waals surface area contributed by atoms with Gasteiger partial charge in [0.25, 0.3) is 5.56 Å². The lowest BCUT2D eigenvalue weighted by Crippen LogP contribution is -2.09. The first-order valence-corrected chi connectivity index (χ1v) is 6.27. The Morgan fingerprint density at radius 3 is 2.81 bits per heavy atom. The molecule has 0 saturated heterocycles. The standard InChI is InChI=1S/C14H13N5O2/c1-19-8-9(7-15-19)11-6-12(20)18-14(17-11)10-4-3-5-13(16-10)21-2/h3-8H,1-2H3,(H,17,18,20). The van der Waals surface area contributed by atoms with Gasteiger partial charge in [0.05, 0.1) is 19.0 Å². The fourth-order valence-electron chi connectivity index (χ4n) is 1.94. The summed E-state index contributed by atoms with van der Waals surface area (Å²) < 4.78 is 6.73. The van der Waals surface area contributed by atoms with Crippen molar-refractivity contribution in [1.29, 1.82) is 0 Å². The number of rotatable bonds is 3. The normalized spacial score (nSPS) is 10.6. The molecule has 0 saturated carbocycles. The molecule has 0 atom stereocenters. The number of nitrogens with zero attached hydrogens (tertiary/aromatic N) is 4. The van der Waals surface area contributed by atoms with Crippen LogP contribution in [0.4, 0.5) is 0 Å². The first kappa shape index (κ1) is 13.0. The van der Waals surface area contributed by atoms with Crippen molar-refractivity contribution in [1.82, 2.24) is 24.7 Å². The lowest BCUT2D eigenvalue weighted by molar-refractivity contribution is 0.398. The average Bonchev–Trinajstić information content (AvgIpc) is 2.93. The van der Waals surface area contributed by atoms with Crippen molar-refractivity contribution >= 4 is 0 Å². The summed E-state index contributed by atoms with van der Waals surface area (Å²) in [6.07, 6.45) is 3.45. The Hall–Kier alpha value is -2.96. The highest BCUT2D eigenvalue weighted by Gasteiger charge is 2.09. The Labute approximate surface area is 120 Å². The molecule has 0 radical (unpaired) electrons. The van der Waals surface area contributed by atoms with E-state index in [4.69, 9.17) is 4.74 Å². The van der Waals surface area contributed by atoms with Gasteiger partial charge in [0.2, 0.25) is 5.88 Å². The average molecular weight is 283 g/mol. The number of pyridine rings is 1. The Morgan fingerprint density at radius 1 is 1.24 bits per heavy atom. The lowest BCUT2D eigenvalue weighted by atomic mass is 10.2. The van der Waals surface area contributed by atoms with Crippen LogP contribution < -0.4 is 10.3 Å². The third-order valence-electron chi connectivity index (χ3n) is 2.92. The van der Waals surface area contributed by atoms with Crippen molar-refractivity contribution in [3.05, 3.63) is 47.0 Å². The number of hydrogen-bond donors (Lipinski definition) is 1. The van der Waals surface area contributed by atoms with Crippen LogP contribution in [0.25, 0.3) is 22.8 Å². The monoisotopic (exact) mass is 283 g/mol. The zero-order valence-corrected chi connectivity index (χ0v) is 11.6. The van der Waals surface area contributed by atoms with Crippen molar-refractivity contribution in [2.24, 2.45) is 7.05 Å². The van der Waals surface area contributed by atoms with E-state index in [1.54, 1.807) is 42.3 Å². The minimum atomic E-state index is -0.247. The molecule has 7 nitrogen and oxygen atoms in total. The topological polar surface area (TPSA) is 85.7 Å². The summed E-state index contributed by atoms with van der Waals surface area (Å²) in [5, 5.41) is 4.08.